The Balaban J connectivity index is 0.00000128. The van der Waals surface area contributed by atoms with E-state index in [1.807, 2.05) is 0 Å². The van der Waals surface area contributed by atoms with Crippen LogP contribution in [0.2, 0.25) is 0 Å². The zero-order valence-electron chi connectivity index (χ0n) is 10.2. The van der Waals surface area contributed by atoms with Crippen LogP contribution in [0.3, 0.4) is 0 Å². The summed E-state index contributed by atoms with van der Waals surface area (Å²) in [4.78, 5) is 14.4. The van der Waals surface area contributed by atoms with Crippen molar-refractivity contribution in [2.45, 2.75) is 51.6 Å². The number of carbonyl (C=O) groups is 1. The van der Waals surface area contributed by atoms with E-state index in [0.29, 0.717) is 18.0 Å². The molecule has 1 amide bonds. The van der Waals surface area contributed by atoms with Crippen molar-refractivity contribution in [3.05, 3.63) is 0 Å². The first kappa shape index (κ1) is 13.8. The van der Waals surface area contributed by atoms with Gasteiger partial charge in [0.2, 0.25) is 5.91 Å². The number of nitrogens with zero attached hydrogens (tertiary/aromatic N) is 1. The van der Waals surface area contributed by atoms with Crippen molar-refractivity contribution in [1.29, 1.82) is 0 Å². The Labute approximate surface area is 104 Å². The van der Waals surface area contributed by atoms with Gasteiger partial charge in [-0.15, -0.1) is 12.4 Å². The summed E-state index contributed by atoms with van der Waals surface area (Å²) in [5, 5.41) is 3.32. The Hall–Kier alpha value is -0.280. The summed E-state index contributed by atoms with van der Waals surface area (Å²) in [6, 6.07) is 0.923. The van der Waals surface area contributed by atoms with Crippen LogP contribution in [0.15, 0.2) is 0 Å². The maximum absolute atomic E-state index is 12.3. The molecule has 1 N–H and O–H groups in total. The Morgan fingerprint density at radius 1 is 1.31 bits per heavy atom. The first-order valence-corrected chi connectivity index (χ1v) is 6.23. The summed E-state index contributed by atoms with van der Waals surface area (Å²) < 4.78 is 0. The lowest BCUT2D eigenvalue weighted by molar-refractivity contribution is -0.138. The molecular formula is C12H23ClN2O. The molecule has 0 aromatic heterocycles. The van der Waals surface area contributed by atoms with Gasteiger partial charge in [-0.25, -0.2) is 0 Å². The van der Waals surface area contributed by atoms with Gasteiger partial charge in [-0.2, -0.15) is 0 Å². The van der Waals surface area contributed by atoms with Crippen molar-refractivity contribution >= 4 is 18.3 Å². The van der Waals surface area contributed by atoms with Crippen LogP contribution in [-0.2, 0) is 4.79 Å². The van der Waals surface area contributed by atoms with Crippen LogP contribution in [0, 0.1) is 5.92 Å². The molecule has 0 aromatic rings. The van der Waals surface area contributed by atoms with E-state index >= 15 is 0 Å². The molecule has 2 fully saturated rings. The number of nitrogens with one attached hydrogen (secondary N) is 1. The minimum Gasteiger partial charge on any atom is -0.337 e. The molecule has 0 radical (unpaired) electrons. The quantitative estimate of drug-likeness (QED) is 0.824. The monoisotopic (exact) mass is 246 g/mol. The van der Waals surface area contributed by atoms with Crippen molar-refractivity contribution < 1.29 is 4.79 Å². The molecular weight excluding hydrogens is 224 g/mol. The third-order valence-electron chi connectivity index (χ3n) is 3.40. The van der Waals surface area contributed by atoms with E-state index in [4.69, 9.17) is 0 Å². The Kier molecular flexibility index (Phi) is 5.06. The molecule has 2 aliphatic rings. The van der Waals surface area contributed by atoms with Gasteiger partial charge in [-0.05, 0) is 46.1 Å². The molecule has 16 heavy (non-hydrogen) atoms. The lowest BCUT2D eigenvalue weighted by atomic mass is 9.97. The normalized spacial score (nSPS) is 25.1. The highest BCUT2D eigenvalue weighted by atomic mass is 35.5. The zero-order valence-corrected chi connectivity index (χ0v) is 11.1. The molecule has 1 saturated carbocycles. The number of piperidine rings is 1. The second-order valence-electron chi connectivity index (χ2n) is 5.11. The summed E-state index contributed by atoms with van der Waals surface area (Å²) in [5.74, 6) is 0.626. The first-order chi connectivity index (χ1) is 7.20. The van der Waals surface area contributed by atoms with Crippen LogP contribution >= 0.6 is 12.4 Å². The maximum Gasteiger partial charge on any atom is 0.227 e. The molecule has 1 aliphatic carbocycles. The van der Waals surface area contributed by atoms with E-state index in [9.17, 15) is 4.79 Å². The Morgan fingerprint density at radius 2 is 2.00 bits per heavy atom. The first-order valence-electron chi connectivity index (χ1n) is 6.23. The lowest BCUT2D eigenvalue weighted by Gasteiger charge is -2.32. The number of rotatable bonds is 3. The SMILES string of the molecule is CC(C)N(C(=O)C1CCCNC1)C1CC1.Cl. The van der Waals surface area contributed by atoms with Crippen LogP contribution < -0.4 is 5.32 Å². The van der Waals surface area contributed by atoms with Gasteiger partial charge in [0.1, 0.15) is 0 Å². The molecule has 0 aromatic carbocycles. The summed E-state index contributed by atoms with van der Waals surface area (Å²) >= 11 is 0. The molecule has 4 heteroatoms. The van der Waals surface area contributed by atoms with Crippen LogP contribution in [0.25, 0.3) is 0 Å². The highest BCUT2D eigenvalue weighted by molar-refractivity contribution is 5.85. The molecule has 94 valence electrons. The molecule has 2 rings (SSSR count). The number of halogens is 1. The van der Waals surface area contributed by atoms with Crippen LogP contribution in [-0.4, -0.2) is 36.0 Å². The largest absolute Gasteiger partial charge is 0.337 e. The average Bonchev–Trinajstić information content (AvgIpc) is 3.03. The van der Waals surface area contributed by atoms with Crippen molar-refractivity contribution in [2.24, 2.45) is 5.92 Å². The molecule has 0 bridgehead atoms. The summed E-state index contributed by atoms with van der Waals surface area (Å²) in [7, 11) is 0. The van der Waals surface area contributed by atoms with Gasteiger partial charge >= 0.3 is 0 Å². The number of hydrogen-bond donors (Lipinski definition) is 1. The van der Waals surface area contributed by atoms with Crippen molar-refractivity contribution in [2.75, 3.05) is 13.1 Å². The molecule has 1 aliphatic heterocycles. The van der Waals surface area contributed by atoms with Crippen molar-refractivity contribution in [3.63, 3.8) is 0 Å². The van der Waals surface area contributed by atoms with E-state index in [1.165, 1.54) is 12.8 Å². The highest BCUT2D eigenvalue weighted by Crippen LogP contribution is 2.30. The van der Waals surface area contributed by atoms with Crippen molar-refractivity contribution in [3.8, 4) is 0 Å². The standard InChI is InChI=1S/C12H22N2O.ClH/c1-9(2)14(11-5-6-11)12(15)10-4-3-7-13-8-10;/h9-11,13H,3-8H2,1-2H3;1H. The topological polar surface area (TPSA) is 32.3 Å². The number of amides is 1. The summed E-state index contributed by atoms with van der Waals surface area (Å²) in [6.07, 6.45) is 4.64. The summed E-state index contributed by atoms with van der Waals surface area (Å²) in [6.45, 7) is 6.22. The van der Waals surface area contributed by atoms with Gasteiger partial charge < -0.3 is 10.2 Å². The predicted molar refractivity (Wildman–Crippen MR) is 67.8 cm³/mol. The van der Waals surface area contributed by atoms with E-state index < -0.39 is 0 Å². The minimum absolute atomic E-state index is 0. The van der Waals surface area contributed by atoms with Crippen LogP contribution in [0.4, 0.5) is 0 Å². The van der Waals surface area contributed by atoms with E-state index in [1.54, 1.807) is 0 Å². The minimum atomic E-state index is 0. The van der Waals surface area contributed by atoms with Gasteiger partial charge in [-0.1, -0.05) is 0 Å². The smallest absolute Gasteiger partial charge is 0.227 e. The number of hydrogen-bond acceptors (Lipinski definition) is 2. The van der Waals surface area contributed by atoms with E-state index in [-0.39, 0.29) is 18.3 Å². The zero-order chi connectivity index (χ0) is 10.8. The second kappa shape index (κ2) is 5.87. The molecule has 1 heterocycles. The average molecular weight is 247 g/mol. The fourth-order valence-electron chi connectivity index (χ4n) is 2.48. The predicted octanol–water partition coefficient (Wildman–Crippen LogP) is 1.81. The van der Waals surface area contributed by atoms with Gasteiger partial charge in [-0.3, -0.25) is 4.79 Å². The number of carbonyl (C=O) groups excluding carboxylic acids is 1. The van der Waals surface area contributed by atoms with E-state index in [0.717, 1.165) is 25.9 Å². The molecule has 1 saturated heterocycles. The fraction of sp³-hybridized carbons (Fsp3) is 0.917. The van der Waals surface area contributed by atoms with E-state index in [2.05, 4.69) is 24.1 Å². The fourth-order valence-corrected chi connectivity index (χ4v) is 2.48. The molecule has 0 spiro atoms. The highest BCUT2D eigenvalue weighted by Gasteiger charge is 2.37. The second-order valence-corrected chi connectivity index (χ2v) is 5.11. The van der Waals surface area contributed by atoms with Gasteiger partial charge in [0.15, 0.2) is 0 Å². The van der Waals surface area contributed by atoms with Crippen molar-refractivity contribution in [1.82, 2.24) is 10.2 Å². The van der Waals surface area contributed by atoms with Gasteiger partial charge in [0, 0.05) is 18.6 Å². The van der Waals surface area contributed by atoms with Gasteiger partial charge in [0.05, 0.1) is 5.92 Å². The summed E-state index contributed by atoms with van der Waals surface area (Å²) in [5.41, 5.74) is 0. The van der Waals surface area contributed by atoms with Crippen LogP contribution in [0.1, 0.15) is 39.5 Å². The van der Waals surface area contributed by atoms with Crippen LogP contribution in [0.5, 0.6) is 0 Å². The van der Waals surface area contributed by atoms with Gasteiger partial charge in [0.25, 0.3) is 0 Å². The Bertz CT molecular complexity index is 233. The molecule has 1 unspecified atom stereocenters. The lowest BCUT2D eigenvalue weighted by Crippen LogP contribution is -2.46. The third kappa shape index (κ3) is 3.11. The molecule has 1 atom stereocenters. The maximum atomic E-state index is 12.3. The third-order valence-corrected chi connectivity index (χ3v) is 3.40. The Morgan fingerprint density at radius 3 is 2.44 bits per heavy atom. The molecule has 3 nitrogen and oxygen atoms in total.